The normalized spacial score (nSPS) is 12.9. The standard InChI is InChI=1S/C62H122N2O5/c1-8-13-18-23-27-36-46-57(44-34-22-17-12-5)55-68-61(66)51-41-32-30-38-48-59(64(54-43-53-63(6)7)60(65)50-40-29-25-20-15-10-3)49-39-31-33-42-52-62(67)69-56-58(45-35-26-21-16-11-4)47-37-28-24-19-14-9-2/h57-59H,8-56H2,1-7H3. The van der Waals surface area contributed by atoms with Gasteiger partial charge in [-0.15, -0.1) is 0 Å². The Hall–Kier alpha value is -1.63. The van der Waals surface area contributed by atoms with E-state index < -0.39 is 0 Å². The molecule has 1 amide bonds. The highest BCUT2D eigenvalue weighted by Crippen LogP contribution is 2.24. The number of esters is 2. The molecule has 0 aromatic heterocycles. The quantitative estimate of drug-likeness (QED) is 0.0446. The predicted molar refractivity (Wildman–Crippen MR) is 299 cm³/mol. The summed E-state index contributed by atoms with van der Waals surface area (Å²) in [6.45, 7) is 14.4. The van der Waals surface area contributed by atoms with E-state index in [9.17, 15) is 14.4 Å². The maximum absolute atomic E-state index is 14.0. The number of rotatable bonds is 55. The van der Waals surface area contributed by atoms with Crippen LogP contribution in [0, 0.1) is 11.8 Å². The predicted octanol–water partition coefficient (Wildman–Crippen LogP) is 18.7. The Morgan fingerprint density at radius 2 is 0.623 bits per heavy atom. The van der Waals surface area contributed by atoms with Gasteiger partial charge in [0.15, 0.2) is 0 Å². The Bertz CT molecular complexity index is 1100. The number of amides is 1. The zero-order chi connectivity index (χ0) is 50.7. The number of unbranched alkanes of at least 4 members (excludes halogenated alkanes) is 28. The van der Waals surface area contributed by atoms with E-state index >= 15 is 0 Å². The Balaban J connectivity index is 5.23. The smallest absolute Gasteiger partial charge is 0.305 e. The molecule has 0 saturated carbocycles. The van der Waals surface area contributed by atoms with Crippen LogP contribution in [0.15, 0.2) is 0 Å². The molecule has 3 unspecified atom stereocenters. The van der Waals surface area contributed by atoms with Crippen LogP contribution in [-0.2, 0) is 23.9 Å². The summed E-state index contributed by atoms with van der Waals surface area (Å²) in [5, 5.41) is 0. The van der Waals surface area contributed by atoms with Gasteiger partial charge in [0, 0.05) is 31.8 Å². The third kappa shape index (κ3) is 45.9. The SMILES string of the molecule is CCCCCCCCC(=O)N(CCCN(C)C)C(CCCCCCC(=O)OCC(CCCCCC)CCCCCCCC)CCCCCCC(=O)OCC(CCCCCCC)CCCCCCCC. The van der Waals surface area contributed by atoms with E-state index in [1.165, 1.54) is 186 Å². The van der Waals surface area contributed by atoms with Gasteiger partial charge in [0.05, 0.1) is 13.2 Å². The highest BCUT2D eigenvalue weighted by molar-refractivity contribution is 5.76. The third-order valence-electron chi connectivity index (χ3n) is 14.9. The number of ether oxygens (including phenoxy) is 2. The molecule has 0 fully saturated rings. The van der Waals surface area contributed by atoms with E-state index in [-0.39, 0.29) is 18.0 Å². The Kier molecular flexibility index (Phi) is 51.4. The van der Waals surface area contributed by atoms with Crippen LogP contribution < -0.4 is 0 Å². The molecule has 0 aromatic carbocycles. The molecule has 3 atom stereocenters. The Labute approximate surface area is 431 Å². The van der Waals surface area contributed by atoms with Crippen molar-refractivity contribution in [3.05, 3.63) is 0 Å². The molecule has 0 bridgehead atoms. The molecule has 69 heavy (non-hydrogen) atoms. The van der Waals surface area contributed by atoms with Crippen LogP contribution in [-0.4, -0.2) is 74.1 Å². The van der Waals surface area contributed by atoms with Gasteiger partial charge in [0.1, 0.15) is 0 Å². The zero-order valence-electron chi connectivity index (χ0n) is 47.8. The minimum Gasteiger partial charge on any atom is -0.465 e. The minimum atomic E-state index is -0.0177. The van der Waals surface area contributed by atoms with Crippen LogP contribution in [0.4, 0.5) is 0 Å². The van der Waals surface area contributed by atoms with Gasteiger partial charge in [-0.1, -0.05) is 240 Å². The van der Waals surface area contributed by atoms with Gasteiger partial charge in [-0.05, 0) is 96.7 Å². The molecule has 410 valence electrons. The molecular weight excluding hydrogens is 853 g/mol. The molecule has 0 N–H and O–H groups in total. The van der Waals surface area contributed by atoms with Crippen LogP contribution in [0.25, 0.3) is 0 Å². The first-order valence-corrected chi connectivity index (χ1v) is 31.0. The molecule has 0 heterocycles. The van der Waals surface area contributed by atoms with Crippen molar-refractivity contribution in [1.82, 2.24) is 9.80 Å². The first-order chi connectivity index (χ1) is 33.7. The van der Waals surface area contributed by atoms with E-state index in [0.717, 1.165) is 96.6 Å². The second-order valence-corrected chi connectivity index (χ2v) is 22.1. The van der Waals surface area contributed by atoms with Crippen molar-refractivity contribution in [2.75, 3.05) is 40.4 Å². The molecule has 0 rings (SSSR count). The Morgan fingerprint density at radius 3 is 0.971 bits per heavy atom. The van der Waals surface area contributed by atoms with Crippen molar-refractivity contribution >= 4 is 17.8 Å². The molecule has 0 radical (unpaired) electrons. The lowest BCUT2D eigenvalue weighted by Crippen LogP contribution is -2.41. The molecule has 0 aromatic rings. The molecule has 0 saturated heterocycles. The number of hydrogen-bond acceptors (Lipinski definition) is 6. The van der Waals surface area contributed by atoms with E-state index in [2.05, 4.69) is 58.5 Å². The van der Waals surface area contributed by atoms with Gasteiger partial charge in [-0.3, -0.25) is 14.4 Å². The van der Waals surface area contributed by atoms with Crippen molar-refractivity contribution in [1.29, 1.82) is 0 Å². The summed E-state index contributed by atoms with van der Waals surface area (Å²) < 4.78 is 11.8. The number of nitrogens with zero attached hydrogens (tertiary/aromatic N) is 2. The maximum atomic E-state index is 14.0. The van der Waals surface area contributed by atoms with E-state index in [4.69, 9.17) is 9.47 Å². The fourth-order valence-corrected chi connectivity index (χ4v) is 10.2. The summed E-state index contributed by atoms with van der Waals surface area (Å²) in [5.74, 6) is 1.32. The third-order valence-corrected chi connectivity index (χ3v) is 14.9. The molecule has 0 aliphatic carbocycles. The van der Waals surface area contributed by atoms with E-state index in [1.807, 2.05) is 0 Å². The van der Waals surface area contributed by atoms with Gasteiger partial charge in [-0.2, -0.15) is 0 Å². The first kappa shape index (κ1) is 67.4. The Morgan fingerprint density at radius 1 is 0.333 bits per heavy atom. The number of hydrogen-bond donors (Lipinski definition) is 0. The highest BCUT2D eigenvalue weighted by Gasteiger charge is 2.23. The fourth-order valence-electron chi connectivity index (χ4n) is 10.2. The lowest BCUT2D eigenvalue weighted by atomic mass is 9.95. The lowest BCUT2D eigenvalue weighted by molar-refractivity contribution is -0.146. The summed E-state index contributed by atoms with van der Waals surface area (Å²) in [7, 11) is 4.25. The van der Waals surface area contributed by atoms with Crippen LogP contribution >= 0.6 is 0 Å². The van der Waals surface area contributed by atoms with E-state index in [1.54, 1.807) is 0 Å². The molecule has 7 nitrogen and oxygen atoms in total. The average molecular weight is 976 g/mol. The number of carbonyl (C=O) groups excluding carboxylic acids is 3. The fraction of sp³-hybridized carbons (Fsp3) is 0.952. The van der Waals surface area contributed by atoms with Crippen LogP contribution in [0.5, 0.6) is 0 Å². The van der Waals surface area contributed by atoms with Crippen LogP contribution in [0.1, 0.15) is 324 Å². The van der Waals surface area contributed by atoms with Gasteiger partial charge in [-0.25, -0.2) is 0 Å². The second-order valence-electron chi connectivity index (χ2n) is 22.1. The van der Waals surface area contributed by atoms with E-state index in [0.29, 0.717) is 50.2 Å². The highest BCUT2D eigenvalue weighted by atomic mass is 16.5. The molecular formula is C62H122N2O5. The largest absolute Gasteiger partial charge is 0.465 e. The zero-order valence-corrected chi connectivity index (χ0v) is 47.8. The number of carbonyl (C=O) groups is 3. The first-order valence-electron chi connectivity index (χ1n) is 31.0. The minimum absolute atomic E-state index is 0.0158. The monoisotopic (exact) mass is 975 g/mol. The van der Waals surface area contributed by atoms with Gasteiger partial charge >= 0.3 is 11.9 Å². The summed E-state index contributed by atoms with van der Waals surface area (Å²) in [5.41, 5.74) is 0. The topological polar surface area (TPSA) is 76.2 Å². The van der Waals surface area contributed by atoms with Crippen LogP contribution in [0.2, 0.25) is 0 Å². The van der Waals surface area contributed by atoms with Crippen molar-refractivity contribution < 1.29 is 23.9 Å². The van der Waals surface area contributed by atoms with Crippen molar-refractivity contribution in [3.8, 4) is 0 Å². The summed E-state index contributed by atoms with van der Waals surface area (Å²) in [4.78, 5) is 44.4. The van der Waals surface area contributed by atoms with Crippen molar-refractivity contribution in [2.45, 2.75) is 330 Å². The van der Waals surface area contributed by atoms with Gasteiger partial charge in [0.25, 0.3) is 0 Å². The van der Waals surface area contributed by atoms with Crippen LogP contribution in [0.3, 0.4) is 0 Å². The summed E-state index contributed by atoms with van der Waals surface area (Å²) >= 11 is 0. The maximum Gasteiger partial charge on any atom is 0.305 e. The molecule has 0 aliphatic heterocycles. The lowest BCUT2D eigenvalue weighted by Gasteiger charge is -2.33. The summed E-state index contributed by atoms with van der Waals surface area (Å²) in [6.07, 6.45) is 52.1. The van der Waals surface area contributed by atoms with Crippen molar-refractivity contribution in [3.63, 3.8) is 0 Å². The van der Waals surface area contributed by atoms with Gasteiger partial charge < -0.3 is 19.3 Å². The molecule has 0 spiro atoms. The molecule has 7 heteroatoms. The van der Waals surface area contributed by atoms with Crippen molar-refractivity contribution in [2.24, 2.45) is 11.8 Å². The second kappa shape index (κ2) is 52.7. The summed E-state index contributed by atoms with van der Waals surface area (Å²) in [6, 6.07) is 0.251. The van der Waals surface area contributed by atoms with Gasteiger partial charge in [0.2, 0.25) is 5.91 Å². The molecule has 0 aliphatic rings. The average Bonchev–Trinajstić information content (AvgIpc) is 3.34.